The maximum Gasteiger partial charge on any atom is 0.442 e. The average molecular weight is 345 g/mol. The minimum atomic E-state index is -0.658. The standard InChI is InChI=1S/C15H12FN5O4/c16-8-2-1-7-3-11(10(7)4-8)21-13(19-24-15(21)22)12-14(20-25-18-12)23-9-5-17-6-9/h1-2,4,9,11,17H,3,5-6H2. The van der Waals surface area contributed by atoms with Gasteiger partial charge in [0.1, 0.15) is 11.9 Å². The van der Waals surface area contributed by atoms with E-state index in [-0.39, 0.29) is 35.4 Å². The van der Waals surface area contributed by atoms with Crippen LogP contribution in [0.15, 0.2) is 32.1 Å². The predicted octanol–water partition coefficient (Wildman–Crippen LogP) is 0.521. The van der Waals surface area contributed by atoms with Crippen LogP contribution in [0.4, 0.5) is 4.39 Å². The molecule has 3 aromatic rings. The van der Waals surface area contributed by atoms with E-state index in [9.17, 15) is 9.18 Å². The van der Waals surface area contributed by atoms with Crippen molar-refractivity contribution in [1.82, 2.24) is 25.4 Å². The molecule has 1 N–H and O–H groups in total. The van der Waals surface area contributed by atoms with Gasteiger partial charge in [0.2, 0.25) is 11.5 Å². The molecule has 1 atom stereocenters. The van der Waals surface area contributed by atoms with Crippen molar-refractivity contribution in [1.29, 1.82) is 0 Å². The molecule has 128 valence electrons. The van der Waals surface area contributed by atoms with Crippen LogP contribution in [0.2, 0.25) is 0 Å². The Kier molecular flexibility index (Phi) is 3.01. The van der Waals surface area contributed by atoms with Crippen LogP contribution in [0.25, 0.3) is 11.5 Å². The Balaban J connectivity index is 1.55. The minimum Gasteiger partial charge on any atom is -0.468 e. The lowest BCUT2D eigenvalue weighted by Crippen LogP contribution is -2.50. The zero-order valence-corrected chi connectivity index (χ0v) is 12.8. The topological polar surface area (TPSA) is 108 Å². The fraction of sp³-hybridized carbons (Fsp3) is 0.333. The number of ether oxygens (including phenoxy) is 1. The first kappa shape index (κ1) is 14.3. The van der Waals surface area contributed by atoms with Crippen molar-refractivity contribution in [2.45, 2.75) is 18.6 Å². The number of hydrogen-bond donors (Lipinski definition) is 1. The van der Waals surface area contributed by atoms with E-state index in [0.29, 0.717) is 25.1 Å². The Labute approximate surface area is 139 Å². The van der Waals surface area contributed by atoms with E-state index in [2.05, 4.69) is 20.8 Å². The molecule has 3 heterocycles. The van der Waals surface area contributed by atoms with Crippen molar-refractivity contribution in [2.75, 3.05) is 13.1 Å². The summed E-state index contributed by atoms with van der Waals surface area (Å²) in [6.07, 6.45) is 0.522. The van der Waals surface area contributed by atoms with E-state index in [4.69, 9.17) is 13.9 Å². The van der Waals surface area contributed by atoms with Crippen molar-refractivity contribution >= 4 is 0 Å². The first-order valence-electron chi connectivity index (χ1n) is 7.77. The second-order valence-corrected chi connectivity index (χ2v) is 6.02. The predicted molar refractivity (Wildman–Crippen MR) is 79.6 cm³/mol. The van der Waals surface area contributed by atoms with Gasteiger partial charge in [-0.15, -0.1) is 0 Å². The van der Waals surface area contributed by atoms with Gasteiger partial charge in [0, 0.05) is 13.1 Å². The van der Waals surface area contributed by atoms with Crippen molar-refractivity contribution in [3.63, 3.8) is 0 Å². The molecule has 0 radical (unpaired) electrons. The molecule has 9 nitrogen and oxygen atoms in total. The lowest BCUT2D eigenvalue weighted by molar-refractivity contribution is 0.129. The Morgan fingerprint density at radius 3 is 2.96 bits per heavy atom. The number of nitrogens with one attached hydrogen (secondary N) is 1. The number of nitrogens with zero attached hydrogens (tertiary/aromatic N) is 4. The van der Waals surface area contributed by atoms with E-state index >= 15 is 0 Å². The summed E-state index contributed by atoms with van der Waals surface area (Å²) in [6, 6.07) is 4.13. The zero-order chi connectivity index (χ0) is 17.0. The Morgan fingerprint density at radius 2 is 2.16 bits per heavy atom. The molecule has 0 spiro atoms. The molecule has 10 heteroatoms. The highest BCUT2D eigenvalue weighted by molar-refractivity contribution is 5.56. The molecule has 0 saturated carbocycles. The van der Waals surface area contributed by atoms with E-state index in [1.807, 2.05) is 0 Å². The number of fused-ring (bicyclic) bond motifs is 1. The molecule has 1 aromatic carbocycles. The van der Waals surface area contributed by atoms with Crippen LogP contribution < -0.4 is 15.8 Å². The normalized spacial score (nSPS) is 19.2. The fourth-order valence-corrected chi connectivity index (χ4v) is 3.07. The van der Waals surface area contributed by atoms with E-state index in [0.717, 1.165) is 5.56 Å². The molecule has 0 bridgehead atoms. The van der Waals surface area contributed by atoms with Crippen molar-refractivity contribution in [3.05, 3.63) is 45.7 Å². The molecule has 25 heavy (non-hydrogen) atoms. The molecular formula is C15H12FN5O4. The maximum atomic E-state index is 13.5. The van der Waals surface area contributed by atoms with Crippen molar-refractivity contribution in [3.8, 4) is 17.4 Å². The molecule has 1 fully saturated rings. The highest BCUT2D eigenvalue weighted by Crippen LogP contribution is 2.38. The Bertz CT molecular complexity index is 1010. The van der Waals surface area contributed by atoms with Gasteiger partial charge in [-0.1, -0.05) is 11.2 Å². The lowest BCUT2D eigenvalue weighted by Gasteiger charge is -2.30. The number of benzene rings is 1. The maximum absolute atomic E-state index is 13.5. The van der Waals surface area contributed by atoms with Crippen LogP contribution in [0.5, 0.6) is 5.88 Å². The van der Waals surface area contributed by atoms with Gasteiger partial charge in [0.15, 0.2) is 0 Å². The summed E-state index contributed by atoms with van der Waals surface area (Å²) in [5.74, 6) is -0.728. The summed E-state index contributed by atoms with van der Waals surface area (Å²) in [5.41, 5.74) is 1.87. The second kappa shape index (κ2) is 5.24. The molecule has 1 aliphatic carbocycles. The van der Waals surface area contributed by atoms with Crippen LogP contribution in [-0.4, -0.2) is 39.2 Å². The van der Waals surface area contributed by atoms with Gasteiger partial charge in [-0.3, -0.25) is 4.52 Å². The summed E-state index contributed by atoms with van der Waals surface area (Å²) in [4.78, 5) is 12.2. The Morgan fingerprint density at radius 1 is 1.28 bits per heavy atom. The molecule has 2 aliphatic rings. The highest BCUT2D eigenvalue weighted by atomic mass is 19.1. The van der Waals surface area contributed by atoms with Gasteiger partial charge in [-0.25, -0.2) is 18.4 Å². The van der Waals surface area contributed by atoms with E-state index in [1.54, 1.807) is 6.07 Å². The number of rotatable bonds is 4. The second-order valence-electron chi connectivity index (χ2n) is 6.02. The lowest BCUT2D eigenvalue weighted by atomic mass is 9.83. The zero-order valence-electron chi connectivity index (χ0n) is 12.8. The van der Waals surface area contributed by atoms with E-state index in [1.165, 1.54) is 16.7 Å². The molecule has 1 unspecified atom stereocenters. The molecule has 1 saturated heterocycles. The van der Waals surface area contributed by atoms with Gasteiger partial charge >= 0.3 is 5.76 Å². The Hall–Kier alpha value is -3.01. The summed E-state index contributed by atoms with van der Waals surface area (Å²) in [5, 5.41) is 14.4. The van der Waals surface area contributed by atoms with Gasteiger partial charge in [0.05, 0.1) is 6.04 Å². The van der Waals surface area contributed by atoms with Crippen molar-refractivity contribution < 1.29 is 18.3 Å². The number of aromatic nitrogens is 4. The molecule has 2 aromatic heterocycles. The quantitative estimate of drug-likeness (QED) is 0.729. The largest absolute Gasteiger partial charge is 0.468 e. The highest BCUT2D eigenvalue weighted by Gasteiger charge is 2.35. The number of hydrogen-bond acceptors (Lipinski definition) is 8. The van der Waals surface area contributed by atoms with Crippen molar-refractivity contribution in [2.24, 2.45) is 0 Å². The number of halogens is 1. The molecule has 5 rings (SSSR count). The smallest absolute Gasteiger partial charge is 0.442 e. The third-order valence-corrected chi connectivity index (χ3v) is 4.52. The van der Waals surface area contributed by atoms with Gasteiger partial charge in [-0.05, 0) is 40.0 Å². The fourth-order valence-electron chi connectivity index (χ4n) is 3.07. The van der Waals surface area contributed by atoms with Gasteiger partial charge in [0.25, 0.3) is 5.88 Å². The summed E-state index contributed by atoms with van der Waals surface area (Å²) >= 11 is 0. The van der Waals surface area contributed by atoms with Crippen LogP contribution in [0, 0.1) is 5.82 Å². The molecular weight excluding hydrogens is 333 g/mol. The summed E-state index contributed by atoms with van der Waals surface area (Å²) in [7, 11) is 0. The van der Waals surface area contributed by atoms with Crippen LogP contribution in [0.1, 0.15) is 17.2 Å². The first-order valence-corrected chi connectivity index (χ1v) is 7.77. The van der Waals surface area contributed by atoms with E-state index < -0.39 is 5.76 Å². The SMILES string of the molecule is O=c1onc(-c2nonc2OC2CNC2)n1C1Cc2ccc(F)cc21. The van der Waals surface area contributed by atoms with Gasteiger partial charge in [-0.2, -0.15) is 0 Å². The third-order valence-electron chi connectivity index (χ3n) is 4.52. The summed E-state index contributed by atoms with van der Waals surface area (Å²) in [6.45, 7) is 1.38. The molecule has 1 aliphatic heterocycles. The van der Waals surface area contributed by atoms with Crippen LogP contribution in [0.3, 0.4) is 0 Å². The van der Waals surface area contributed by atoms with Gasteiger partial charge < -0.3 is 10.1 Å². The van der Waals surface area contributed by atoms with Crippen LogP contribution >= 0.6 is 0 Å². The first-order chi connectivity index (χ1) is 12.2. The molecule has 0 amide bonds. The third kappa shape index (κ3) is 2.18. The average Bonchev–Trinajstić information content (AvgIpc) is 3.14. The van der Waals surface area contributed by atoms with Crippen LogP contribution in [-0.2, 0) is 6.42 Å². The monoisotopic (exact) mass is 345 g/mol. The summed E-state index contributed by atoms with van der Waals surface area (Å²) < 4.78 is 30.1. The minimum absolute atomic E-state index is 0.0451.